The Balaban J connectivity index is 1.84. The van der Waals surface area contributed by atoms with Gasteiger partial charge in [0.15, 0.2) is 0 Å². The van der Waals surface area contributed by atoms with E-state index in [2.05, 4.69) is 35.0 Å². The first-order valence-corrected chi connectivity index (χ1v) is 7.76. The largest absolute Gasteiger partial charge is 0.296 e. The lowest BCUT2D eigenvalue weighted by atomic mass is 10.1. The highest BCUT2D eigenvalue weighted by Crippen LogP contribution is 2.11. The molecule has 0 saturated heterocycles. The summed E-state index contributed by atoms with van der Waals surface area (Å²) in [5.74, 6) is 0. The smallest absolute Gasteiger partial charge is 0.258 e. The number of pyridine rings is 1. The lowest BCUT2D eigenvalue weighted by Crippen LogP contribution is -2.22. The Morgan fingerprint density at radius 1 is 1.04 bits per heavy atom. The minimum absolute atomic E-state index is 0.0209. The fraction of sp³-hybridized carbons (Fsp3) is 0.263. The van der Waals surface area contributed by atoms with Crippen LogP contribution in [-0.4, -0.2) is 21.3 Å². The van der Waals surface area contributed by atoms with Gasteiger partial charge in [0, 0.05) is 24.8 Å². The van der Waals surface area contributed by atoms with Crippen LogP contribution in [0.4, 0.5) is 0 Å². The van der Waals surface area contributed by atoms with Gasteiger partial charge in [-0.1, -0.05) is 30.3 Å². The van der Waals surface area contributed by atoms with Crippen LogP contribution in [0.1, 0.15) is 22.5 Å². The first-order valence-electron chi connectivity index (χ1n) is 7.76. The summed E-state index contributed by atoms with van der Waals surface area (Å²) in [5.41, 5.74) is 4.96. The molecule has 0 unspecified atom stereocenters. The summed E-state index contributed by atoms with van der Waals surface area (Å²) in [7, 11) is 2.05. The van der Waals surface area contributed by atoms with Crippen molar-refractivity contribution in [2.75, 3.05) is 7.05 Å². The standard InChI is InChI=1S/C19H21N3O/c1-14-7-4-5-9-16(14)12-21(3)13-17-11-19(23)22-15(2)8-6-10-18(22)20-17/h4-11H,12-13H2,1-3H3. The molecule has 0 aliphatic heterocycles. The summed E-state index contributed by atoms with van der Waals surface area (Å²) in [6.07, 6.45) is 0. The maximum absolute atomic E-state index is 12.3. The molecule has 0 saturated carbocycles. The van der Waals surface area contributed by atoms with Crippen molar-refractivity contribution in [3.8, 4) is 0 Å². The van der Waals surface area contributed by atoms with E-state index in [1.807, 2.05) is 38.2 Å². The number of aromatic nitrogens is 2. The van der Waals surface area contributed by atoms with Crippen LogP contribution in [-0.2, 0) is 13.1 Å². The van der Waals surface area contributed by atoms with Crippen molar-refractivity contribution in [2.24, 2.45) is 0 Å². The van der Waals surface area contributed by atoms with Crippen LogP contribution < -0.4 is 5.56 Å². The molecule has 0 atom stereocenters. The molecule has 3 aromatic rings. The Labute approximate surface area is 136 Å². The molecule has 4 heteroatoms. The van der Waals surface area contributed by atoms with Gasteiger partial charge < -0.3 is 0 Å². The van der Waals surface area contributed by atoms with Gasteiger partial charge in [0.1, 0.15) is 5.65 Å². The lowest BCUT2D eigenvalue weighted by molar-refractivity contribution is 0.314. The summed E-state index contributed by atoms with van der Waals surface area (Å²) in [5, 5.41) is 0. The van der Waals surface area contributed by atoms with Gasteiger partial charge in [0.25, 0.3) is 5.56 Å². The number of nitrogens with zero attached hydrogens (tertiary/aromatic N) is 3. The van der Waals surface area contributed by atoms with Crippen LogP contribution in [0.25, 0.3) is 5.65 Å². The number of aryl methyl sites for hydroxylation is 2. The second-order valence-electron chi connectivity index (χ2n) is 6.05. The molecule has 0 N–H and O–H groups in total. The van der Waals surface area contributed by atoms with Gasteiger partial charge in [-0.05, 0) is 44.2 Å². The number of hydrogen-bond donors (Lipinski definition) is 0. The number of rotatable bonds is 4. The first-order chi connectivity index (χ1) is 11.0. The number of benzene rings is 1. The van der Waals surface area contributed by atoms with Crippen molar-refractivity contribution in [3.05, 3.63) is 81.4 Å². The predicted octanol–water partition coefficient (Wildman–Crippen LogP) is 2.94. The highest BCUT2D eigenvalue weighted by molar-refractivity contribution is 5.40. The first kappa shape index (κ1) is 15.4. The Morgan fingerprint density at radius 2 is 1.83 bits per heavy atom. The molecule has 0 fully saturated rings. The molecule has 0 aliphatic carbocycles. The van der Waals surface area contributed by atoms with Crippen LogP contribution in [0.15, 0.2) is 53.3 Å². The molecule has 23 heavy (non-hydrogen) atoms. The molecule has 1 aromatic carbocycles. The Hall–Kier alpha value is -2.46. The summed E-state index contributed by atoms with van der Waals surface area (Å²) in [6, 6.07) is 15.7. The van der Waals surface area contributed by atoms with Crippen molar-refractivity contribution in [1.29, 1.82) is 0 Å². The van der Waals surface area contributed by atoms with Crippen LogP contribution in [0.5, 0.6) is 0 Å². The molecule has 3 rings (SSSR count). The normalized spacial score (nSPS) is 11.3. The van der Waals surface area contributed by atoms with Crippen LogP contribution >= 0.6 is 0 Å². The van der Waals surface area contributed by atoms with Crippen LogP contribution in [0, 0.1) is 13.8 Å². The third-order valence-electron chi connectivity index (χ3n) is 4.07. The molecular formula is C19H21N3O. The third-order valence-corrected chi connectivity index (χ3v) is 4.07. The van der Waals surface area contributed by atoms with E-state index < -0.39 is 0 Å². The maximum Gasteiger partial charge on any atom is 0.258 e. The SMILES string of the molecule is Cc1ccccc1CN(C)Cc1cc(=O)n2c(C)cccc2n1. The van der Waals surface area contributed by atoms with E-state index in [4.69, 9.17) is 0 Å². The zero-order chi connectivity index (χ0) is 16.4. The van der Waals surface area contributed by atoms with Gasteiger partial charge in [-0.2, -0.15) is 0 Å². The van der Waals surface area contributed by atoms with Crippen molar-refractivity contribution in [2.45, 2.75) is 26.9 Å². The summed E-state index contributed by atoms with van der Waals surface area (Å²) < 4.78 is 1.64. The molecule has 0 aliphatic rings. The van der Waals surface area contributed by atoms with E-state index in [9.17, 15) is 4.79 Å². The topological polar surface area (TPSA) is 37.6 Å². The van der Waals surface area contributed by atoms with Crippen molar-refractivity contribution < 1.29 is 0 Å². The fourth-order valence-electron chi connectivity index (χ4n) is 2.86. The Bertz CT molecular complexity index is 899. The van der Waals surface area contributed by atoms with E-state index >= 15 is 0 Å². The highest BCUT2D eigenvalue weighted by atomic mass is 16.1. The Kier molecular flexibility index (Phi) is 4.26. The summed E-state index contributed by atoms with van der Waals surface area (Å²) in [4.78, 5) is 19.1. The van der Waals surface area contributed by atoms with E-state index in [-0.39, 0.29) is 5.56 Å². The van der Waals surface area contributed by atoms with Gasteiger partial charge in [-0.15, -0.1) is 0 Å². The molecule has 0 radical (unpaired) electrons. The zero-order valence-electron chi connectivity index (χ0n) is 13.8. The minimum Gasteiger partial charge on any atom is -0.296 e. The molecule has 0 spiro atoms. The lowest BCUT2D eigenvalue weighted by Gasteiger charge is -2.18. The van der Waals surface area contributed by atoms with E-state index in [0.29, 0.717) is 12.2 Å². The summed E-state index contributed by atoms with van der Waals surface area (Å²) in [6.45, 7) is 5.52. The number of fused-ring (bicyclic) bond motifs is 1. The second-order valence-corrected chi connectivity index (χ2v) is 6.05. The number of hydrogen-bond acceptors (Lipinski definition) is 3. The van der Waals surface area contributed by atoms with Gasteiger partial charge in [-0.3, -0.25) is 14.1 Å². The Morgan fingerprint density at radius 3 is 2.61 bits per heavy atom. The quantitative estimate of drug-likeness (QED) is 0.744. The minimum atomic E-state index is -0.0209. The molecule has 0 bridgehead atoms. The highest BCUT2D eigenvalue weighted by Gasteiger charge is 2.08. The van der Waals surface area contributed by atoms with Crippen molar-refractivity contribution in [3.63, 3.8) is 0 Å². The molecule has 0 amide bonds. The molecule has 2 heterocycles. The maximum atomic E-state index is 12.3. The van der Waals surface area contributed by atoms with E-state index in [0.717, 1.165) is 17.9 Å². The van der Waals surface area contributed by atoms with Crippen molar-refractivity contribution >= 4 is 5.65 Å². The third kappa shape index (κ3) is 3.32. The van der Waals surface area contributed by atoms with Gasteiger partial charge >= 0.3 is 0 Å². The van der Waals surface area contributed by atoms with Gasteiger partial charge in [-0.25, -0.2) is 4.98 Å². The molecular weight excluding hydrogens is 286 g/mol. The zero-order valence-corrected chi connectivity index (χ0v) is 13.8. The van der Waals surface area contributed by atoms with Crippen LogP contribution in [0.3, 0.4) is 0 Å². The molecule has 4 nitrogen and oxygen atoms in total. The molecule has 118 valence electrons. The fourth-order valence-corrected chi connectivity index (χ4v) is 2.86. The summed E-state index contributed by atoms with van der Waals surface area (Å²) >= 11 is 0. The predicted molar refractivity (Wildman–Crippen MR) is 92.5 cm³/mol. The van der Waals surface area contributed by atoms with E-state index in [1.54, 1.807) is 10.5 Å². The van der Waals surface area contributed by atoms with Gasteiger partial charge in [0.2, 0.25) is 0 Å². The van der Waals surface area contributed by atoms with Gasteiger partial charge in [0.05, 0.1) is 5.69 Å². The average Bonchev–Trinajstić information content (AvgIpc) is 2.49. The van der Waals surface area contributed by atoms with Crippen molar-refractivity contribution in [1.82, 2.24) is 14.3 Å². The van der Waals surface area contributed by atoms with Crippen LogP contribution in [0.2, 0.25) is 0 Å². The average molecular weight is 307 g/mol. The second kappa shape index (κ2) is 6.34. The monoisotopic (exact) mass is 307 g/mol. The molecule has 2 aromatic heterocycles. The van der Waals surface area contributed by atoms with E-state index in [1.165, 1.54) is 11.1 Å².